The smallest absolute Gasteiger partial charge is 0.329 e. The van der Waals surface area contributed by atoms with Crippen molar-refractivity contribution >= 4 is 63.1 Å². The molecule has 0 saturated carbocycles. The zero-order valence-corrected chi connectivity index (χ0v) is 36.2. The first kappa shape index (κ1) is 50.1. The van der Waals surface area contributed by atoms with Gasteiger partial charge in [0.05, 0.1) is 11.8 Å². The van der Waals surface area contributed by atoms with Gasteiger partial charge in [-0.05, 0) is 55.4 Å². The summed E-state index contributed by atoms with van der Waals surface area (Å²) in [7, 11) is 2.81. The number of hydrogen-bond acceptors (Lipinski definition) is 12. The molecule has 2 aromatic rings. The Labute approximate surface area is 354 Å². The van der Waals surface area contributed by atoms with Crippen LogP contribution in [0.4, 0.5) is 0 Å². The van der Waals surface area contributed by atoms with Crippen LogP contribution < -0.4 is 44.2 Å². The number of aromatic hydroxyl groups is 1. The van der Waals surface area contributed by atoms with Gasteiger partial charge in [-0.2, -0.15) is 0 Å². The van der Waals surface area contributed by atoms with Crippen LogP contribution in [-0.4, -0.2) is 99.9 Å². The zero-order chi connectivity index (χ0) is 44.3. The number of guanidine groups is 1. The van der Waals surface area contributed by atoms with E-state index in [1.165, 1.54) is 40.6 Å². The van der Waals surface area contributed by atoms with Crippen LogP contribution in [0.5, 0.6) is 5.75 Å². The molecule has 326 valence electrons. The summed E-state index contributed by atoms with van der Waals surface area (Å²) in [4.78, 5) is 84.2. The molecule has 5 amide bonds. The molecular weight excluding hydrogens is 799 g/mol. The molecule has 2 aromatic carbocycles. The number of carbonyl (C=O) groups is 6. The molecule has 0 bridgehead atoms. The van der Waals surface area contributed by atoms with Gasteiger partial charge in [-0.1, -0.05) is 98.7 Å². The van der Waals surface area contributed by atoms with Gasteiger partial charge < -0.3 is 54.0 Å². The van der Waals surface area contributed by atoms with E-state index in [9.17, 15) is 33.9 Å². The average molecular weight is 860 g/mol. The van der Waals surface area contributed by atoms with Crippen molar-refractivity contribution in [3.05, 3.63) is 65.7 Å². The number of aliphatic imine (C=N–C) groups is 1. The maximum atomic E-state index is 13.9. The first-order valence-corrected chi connectivity index (χ1v) is 21.6. The molecule has 6 atom stereocenters. The maximum absolute atomic E-state index is 13.9. The third-order valence-electron chi connectivity index (χ3n) is 8.39. The summed E-state index contributed by atoms with van der Waals surface area (Å²) < 4.78 is 5.40. The van der Waals surface area contributed by atoms with Gasteiger partial charge in [-0.15, -0.1) is 0 Å². The molecule has 0 saturated heterocycles. The Morgan fingerprint density at radius 1 is 0.763 bits per heavy atom. The van der Waals surface area contributed by atoms with Crippen molar-refractivity contribution < 1.29 is 38.6 Å². The number of ether oxygens (including phenoxy) is 1. The second kappa shape index (κ2) is 24.8. The molecule has 17 nitrogen and oxygen atoms in total. The van der Waals surface area contributed by atoms with E-state index in [1.54, 1.807) is 42.5 Å². The minimum absolute atomic E-state index is 0.000114. The second-order valence-electron chi connectivity index (χ2n) is 15.5. The van der Waals surface area contributed by atoms with Crippen molar-refractivity contribution in [2.45, 2.75) is 115 Å². The highest BCUT2D eigenvalue weighted by molar-refractivity contribution is 8.77. The van der Waals surface area contributed by atoms with Crippen LogP contribution in [0.1, 0.15) is 71.9 Å². The van der Waals surface area contributed by atoms with Gasteiger partial charge in [0.2, 0.25) is 23.6 Å². The molecule has 2 rings (SSSR count). The Hall–Kier alpha value is -5.01. The van der Waals surface area contributed by atoms with Crippen molar-refractivity contribution in [1.82, 2.24) is 21.3 Å². The third-order valence-corrected chi connectivity index (χ3v) is 11.7. The van der Waals surface area contributed by atoms with Gasteiger partial charge in [0.1, 0.15) is 29.9 Å². The summed E-state index contributed by atoms with van der Waals surface area (Å²) in [5.74, 6) is -4.49. The summed E-state index contributed by atoms with van der Waals surface area (Å²) >= 11 is 0. The number of nitrogens with two attached hydrogens (primary N) is 4. The SMILES string of the molecule is CC(C)C[C@H](N)C(=O)N[C@@H](Cc1ccc(O)cc1)C(=O)N[C@@H](CCCN=C(N)N)C(=O)N[C@@H](C)C(=O)N[C@@H](Cc1ccccc1)C(=O)O[C@H](CSSC(C)(C)C)C(N)=O. The number of rotatable bonds is 24. The Kier molecular flexibility index (Phi) is 21.1. The molecule has 0 radical (unpaired) electrons. The Morgan fingerprint density at radius 3 is 1.90 bits per heavy atom. The fourth-order valence-corrected chi connectivity index (χ4v) is 7.82. The number of phenolic OH excluding ortho intramolecular Hbond substituents is 1. The maximum Gasteiger partial charge on any atom is 0.329 e. The van der Waals surface area contributed by atoms with Gasteiger partial charge in [0.25, 0.3) is 5.91 Å². The molecule has 0 aliphatic heterocycles. The van der Waals surface area contributed by atoms with Crippen molar-refractivity contribution in [3.63, 3.8) is 0 Å². The number of phenols is 1. The van der Waals surface area contributed by atoms with Crippen molar-refractivity contribution in [3.8, 4) is 5.75 Å². The highest BCUT2D eigenvalue weighted by atomic mass is 33.1. The van der Waals surface area contributed by atoms with Crippen molar-refractivity contribution in [2.24, 2.45) is 33.8 Å². The molecule has 13 N–H and O–H groups in total. The van der Waals surface area contributed by atoms with Crippen LogP contribution in [0.2, 0.25) is 0 Å². The molecule has 0 aliphatic carbocycles. The normalized spacial score (nSPS) is 14.4. The van der Waals surface area contributed by atoms with E-state index in [0.29, 0.717) is 17.5 Å². The standard InChI is InChI=1S/C40H61N9O8S2/c1-23(2)19-28(41)35(53)48-30(20-26-14-16-27(50)17-15-26)37(55)47-29(13-10-18-45-39(43)44)36(54)46-24(3)34(52)49-31(21-25-11-8-7-9-12-25)38(56)57-32(33(42)51)22-58-59-40(4,5)6/h7-9,11-12,14-17,23-24,28-32,50H,10,13,18-22,41H2,1-6H3,(H2,42,51)(H,46,54)(H,47,55)(H,48,53)(H,49,52)(H4,43,44,45)/t24-,28-,29-,30-,31-,32+/m0/s1. The third kappa shape index (κ3) is 20.0. The van der Waals surface area contributed by atoms with E-state index in [0.717, 1.165) is 0 Å². The van der Waals surface area contributed by atoms with Crippen LogP contribution in [-0.2, 0) is 46.3 Å². The predicted molar refractivity (Wildman–Crippen MR) is 232 cm³/mol. The highest BCUT2D eigenvalue weighted by Gasteiger charge is 2.33. The lowest BCUT2D eigenvalue weighted by Crippen LogP contribution is -2.58. The number of esters is 1. The largest absolute Gasteiger partial charge is 0.508 e. The number of primary amides is 1. The fourth-order valence-electron chi connectivity index (χ4n) is 5.40. The average Bonchev–Trinajstić information content (AvgIpc) is 3.15. The number of carbonyl (C=O) groups excluding carboxylic acids is 6. The van der Waals surface area contributed by atoms with E-state index < -0.39 is 71.8 Å². The summed E-state index contributed by atoms with van der Waals surface area (Å²) in [6, 6.07) is 9.06. The van der Waals surface area contributed by atoms with Gasteiger partial charge in [0.15, 0.2) is 12.1 Å². The van der Waals surface area contributed by atoms with E-state index in [4.69, 9.17) is 27.7 Å². The minimum Gasteiger partial charge on any atom is -0.508 e. The summed E-state index contributed by atoms with van der Waals surface area (Å²) in [6.45, 7) is 11.3. The molecule has 0 aromatic heterocycles. The van der Waals surface area contributed by atoms with Crippen molar-refractivity contribution in [2.75, 3.05) is 12.3 Å². The lowest BCUT2D eigenvalue weighted by atomic mass is 10.0. The minimum atomic E-state index is -1.27. The quantitative estimate of drug-likeness (QED) is 0.0236. The Morgan fingerprint density at radius 2 is 1.32 bits per heavy atom. The molecular formula is C40H61N9O8S2. The van der Waals surface area contributed by atoms with E-state index >= 15 is 0 Å². The van der Waals surface area contributed by atoms with Crippen molar-refractivity contribution in [1.29, 1.82) is 0 Å². The number of nitrogens with one attached hydrogen (secondary N) is 4. The molecule has 0 unspecified atom stereocenters. The topological polar surface area (TPSA) is 296 Å². The fraction of sp³-hybridized carbons (Fsp3) is 0.525. The second-order valence-corrected chi connectivity index (χ2v) is 18.6. The molecule has 0 spiro atoms. The van der Waals surface area contributed by atoms with Crippen LogP contribution in [0.15, 0.2) is 59.6 Å². The monoisotopic (exact) mass is 859 g/mol. The van der Waals surface area contributed by atoms with Crippen LogP contribution in [0.25, 0.3) is 0 Å². The molecule has 59 heavy (non-hydrogen) atoms. The van der Waals surface area contributed by atoms with E-state index in [2.05, 4.69) is 26.3 Å². The molecule has 19 heteroatoms. The number of amides is 5. The summed E-state index contributed by atoms with van der Waals surface area (Å²) in [5, 5.41) is 20.4. The van der Waals surface area contributed by atoms with Gasteiger partial charge in [-0.25, -0.2) is 4.79 Å². The van der Waals surface area contributed by atoms with E-state index in [-0.39, 0.29) is 60.4 Å². The van der Waals surface area contributed by atoms with E-state index in [1.807, 2.05) is 34.6 Å². The zero-order valence-electron chi connectivity index (χ0n) is 34.6. The molecule has 0 fully saturated rings. The van der Waals surface area contributed by atoms with Crippen LogP contribution in [0.3, 0.4) is 0 Å². The van der Waals surface area contributed by atoms with Gasteiger partial charge >= 0.3 is 5.97 Å². The number of nitrogens with zero attached hydrogens (tertiary/aromatic N) is 1. The summed E-state index contributed by atoms with van der Waals surface area (Å²) in [5.41, 5.74) is 23.9. The van der Waals surface area contributed by atoms with Crippen LogP contribution >= 0.6 is 21.6 Å². The predicted octanol–water partition coefficient (Wildman–Crippen LogP) is 1.14. The Bertz CT molecular complexity index is 1720. The lowest BCUT2D eigenvalue weighted by Gasteiger charge is -2.26. The van der Waals surface area contributed by atoms with Gasteiger partial charge in [-0.3, -0.25) is 29.0 Å². The number of hydrogen-bond donors (Lipinski definition) is 9. The highest BCUT2D eigenvalue weighted by Crippen LogP contribution is 2.35. The first-order chi connectivity index (χ1) is 27.6. The summed E-state index contributed by atoms with van der Waals surface area (Å²) in [6.07, 6.45) is -0.647. The lowest BCUT2D eigenvalue weighted by molar-refractivity contribution is -0.156. The first-order valence-electron chi connectivity index (χ1n) is 19.3. The molecule has 0 aliphatic rings. The van der Waals surface area contributed by atoms with Crippen LogP contribution in [0, 0.1) is 5.92 Å². The number of benzene rings is 2. The van der Waals surface area contributed by atoms with Gasteiger partial charge in [0, 0.05) is 24.1 Å². The Balaban J connectivity index is 2.31. The molecule has 0 heterocycles.